The molecule has 0 nitrogen and oxygen atoms in total. The largest absolute Gasteiger partial charge is 0.417 e. The third-order valence-electron chi connectivity index (χ3n) is 6.86. The van der Waals surface area contributed by atoms with Gasteiger partial charge in [0.1, 0.15) is 0 Å². The molecule has 254 valence electrons. The molecule has 0 bridgehead atoms. The SMILES string of the molecule is Cc1ccc(P(c2ccc(C(F)(F)F)c(C(F)(F)F)c2C(F)(F)F)c2ccc(C(F)(F)F)c(C(F)(F)F)c2C(F)(F)F)c(C)c1C. The van der Waals surface area contributed by atoms with Crippen LogP contribution < -0.4 is 15.9 Å². The number of hydrogen-bond acceptors (Lipinski definition) is 0. The van der Waals surface area contributed by atoms with Crippen LogP contribution in [0.3, 0.4) is 0 Å². The lowest BCUT2D eigenvalue weighted by Gasteiger charge is -2.32. The molecule has 0 aromatic heterocycles. The lowest BCUT2D eigenvalue weighted by molar-refractivity contribution is -0.174. The van der Waals surface area contributed by atoms with Crippen molar-refractivity contribution in [2.24, 2.45) is 0 Å². The van der Waals surface area contributed by atoms with Gasteiger partial charge in [-0.25, -0.2) is 0 Å². The van der Waals surface area contributed by atoms with Crippen molar-refractivity contribution in [3.05, 3.63) is 86.5 Å². The molecule has 0 aliphatic rings. The van der Waals surface area contributed by atoms with Gasteiger partial charge >= 0.3 is 37.1 Å². The van der Waals surface area contributed by atoms with Crippen LogP contribution in [0.1, 0.15) is 50.1 Å². The highest BCUT2D eigenvalue weighted by atomic mass is 31.1. The van der Waals surface area contributed by atoms with E-state index in [2.05, 4.69) is 0 Å². The fraction of sp³-hybridized carbons (Fsp3) is 0.333. The van der Waals surface area contributed by atoms with Crippen LogP contribution >= 0.6 is 7.92 Å². The first-order chi connectivity index (χ1) is 20.4. The Morgan fingerprint density at radius 1 is 0.348 bits per heavy atom. The molecule has 0 spiro atoms. The van der Waals surface area contributed by atoms with E-state index in [-0.39, 0.29) is 28.8 Å². The molecule has 3 aromatic rings. The fourth-order valence-corrected chi connectivity index (χ4v) is 7.64. The maximum absolute atomic E-state index is 14.5. The summed E-state index contributed by atoms with van der Waals surface area (Å²) >= 11 is 0. The number of hydrogen-bond donors (Lipinski definition) is 0. The molecule has 0 amide bonds. The quantitative estimate of drug-likeness (QED) is 0.187. The first-order valence-corrected chi connectivity index (χ1v) is 13.4. The van der Waals surface area contributed by atoms with Crippen molar-refractivity contribution in [1.29, 1.82) is 0 Å². The van der Waals surface area contributed by atoms with E-state index in [4.69, 9.17) is 0 Å². The fourth-order valence-electron chi connectivity index (χ4n) is 4.76. The van der Waals surface area contributed by atoms with Crippen LogP contribution in [0.25, 0.3) is 0 Å². The number of rotatable bonds is 3. The second-order valence-corrected chi connectivity index (χ2v) is 11.9. The summed E-state index contributed by atoms with van der Waals surface area (Å²) in [7, 11) is -4.06. The van der Waals surface area contributed by atoms with Crippen molar-refractivity contribution in [1.82, 2.24) is 0 Å². The van der Waals surface area contributed by atoms with E-state index < -0.39 is 106 Å². The van der Waals surface area contributed by atoms with Gasteiger partial charge in [-0.2, -0.15) is 79.0 Å². The van der Waals surface area contributed by atoms with Crippen molar-refractivity contribution in [2.75, 3.05) is 0 Å². The molecule has 3 aromatic carbocycles. The van der Waals surface area contributed by atoms with Gasteiger partial charge in [-0.05, 0) is 73.4 Å². The molecule has 0 saturated carbocycles. The predicted octanol–water partition coefficient (Wildman–Crippen LogP) is 10.5. The molecule has 3 rings (SSSR count). The number of halogens is 18. The molecule has 46 heavy (non-hydrogen) atoms. The summed E-state index contributed by atoms with van der Waals surface area (Å²) in [6, 6.07) is 0.178. The maximum atomic E-state index is 14.5. The first-order valence-electron chi connectivity index (χ1n) is 12.1. The highest BCUT2D eigenvalue weighted by Gasteiger charge is 2.55. The molecule has 0 saturated heterocycles. The summed E-state index contributed by atoms with van der Waals surface area (Å²) in [6.07, 6.45) is -38.1. The van der Waals surface area contributed by atoms with Crippen LogP contribution in [0.15, 0.2) is 36.4 Å². The first kappa shape index (κ1) is 37.3. The molecule has 0 atom stereocenters. The number of benzene rings is 3. The molecule has 19 heteroatoms. The summed E-state index contributed by atoms with van der Waals surface area (Å²) in [5.74, 6) is 0. The highest BCUT2D eigenvalue weighted by molar-refractivity contribution is 7.80. The zero-order valence-electron chi connectivity index (χ0n) is 22.7. The molecular weight excluding hydrogens is 697 g/mol. The molecule has 0 N–H and O–H groups in total. The third kappa shape index (κ3) is 7.05. The van der Waals surface area contributed by atoms with Gasteiger partial charge in [-0.1, -0.05) is 24.3 Å². The van der Waals surface area contributed by atoms with E-state index in [0.29, 0.717) is 0 Å². The summed E-state index contributed by atoms with van der Waals surface area (Å²) in [5.41, 5.74) is -18.9. The van der Waals surface area contributed by atoms with Crippen molar-refractivity contribution < 1.29 is 79.0 Å². The van der Waals surface area contributed by atoms with Gasteiger partial charge in [0.15, 0.2) is 0 Å². The molecule has 0 fully saturated rings. The number of alkyl halides is 18. The Kier molecular flexibility index (Phi) is 9.33. The lowest BCUT2D eigenvalue weighted by Crippen LogP contribution is -2.37. The van der Waals surface area contributed by atoms with Gasteiger partial charge in [-0.15, -0.1) is 0 Å². The van der Waals surface area contributed by atoms with Crippen molar-refractivity contribution in [3.8, 4) is 0 Å². The predicted molar refractivity (Wildman–Crippen MR) is 129 cm³/mol. The Balaban J connectivity index is 2.81. The Morgan fingerprint density at radius 3 is 0.935 bits per heavy atom. The van der Waals surface area contributed by atoms with Crippen LogP contribution in [0.5, 0.6) is 0 Å². The van der Waals surface area contributed by atoms with Gasteiger partial charge in [0.2, 0.25) is 0 Å². The summed E-state index contributed by atoms with van der Waals surface area (Å²) in [6.45, 7) is 3.59. The van der Waals surface area contributed by atoms with E-state index in [9.17, 15) is 79.0 Å². The van der Waals surface area contributed by atoms with E-state index >= 15 is 0 Å². The molecule has 0 aliphatic carbocycles. The Labute approximate surface area is 247 Å². The van der Waals surface area contributed by atoms with Crippen LogP contribution in [-0.4, -0.2) is 0 Å². The Hall–Kier alpha value is -3.17. The normalized spacial score (nSPS) is 14.0. The van der Waals surface area contributed by atoms with Crippen LogP contribution in [0.4, 0.5) is 79.0 Å². The van der Waals surface area contributed by atoms with Crippen LogP contribution in [0, 0.1) is 20.8 Å². The second kappa shape index (κ2) is 11.5. The monoisotopic (exact) mass is 712 g/mol. The zero-order valence-corrected chi connectivity index (χ0v) is 23.6. The minimum Gasteiger partial charge on any atom is -0.166 e. The Morgan fingerprint density at radius 2 is 0.652 bits per heavy atom. The smallest absolute Gasteiger partial charge is 0.166 e. The van der Waals surface area contributed by atoms with Crippen LogP contribution in [-0.2, 0) is 37.1 Å². The van der Waals surface area contributed by atoms with Gasteiger partial charge in [-0.3, -0.25) is 0 Å². The average Bonchev–Trinajstić information content (AvgIpc) is 2.84. The zero-order chi connectivity index (χ0) is 35.7. The summed E-state index contributed by atoms with van der Waals surface area (Å²) in [5, 5.41) is -4.73. The van der Waals surface area contributed by atoms with E-state index in [1.807, 2.05) is 0 Å². The third-order valence-corrected chi connectivity index (χ3v) is 9.54. The minimum absolute atomic E-state index is 0.0537. The van der Waals surface area contributed by atoms with Crippen molar-refractivity contribution >= 4 is 23.8 Å². The van der Waals surface area contributed by atoms with Gasteiger partial charge in [0.25, 0.3) is 0 Å². The molecule has 0 unspecified atom stereocenters. The summed E-state index contributed by atoms with van der Waals surface area (Å²) < 4.78 is 253. The Bertz CT molecular complexity index is 1540. The van der Waals surface area contributed by atoms with Gasteiger partial charge < -0.3 is 0 Å². The summed E-state index contributed by atoms with van der Waals surface area (Å²) in [4.78, 5) is 0. The van der Waals surface area contributed by atoms with Gasteiger partial charge in [0.05, 0.1) is 33.4 Å². The minimum atomic E-state index is -6.49. The molecule has 0 aliphatic heterocycles. The van der Waals surface area contributed by atoms with Crippen molar-refractivity contribution in [3.63, 3.8) is 0 Å². The topological polar surface area (TPSA) is 0 Å². The van der Waals surface area contributed by atoms with Gasteiger partial charge in [0, 0.05) is 0 Å². The van der Waals surface area contributed by atoms with E-state index in [0.717, 1.165) is 19.1 Å². The molecule has 0 heterocycles. The highest BCUT2D eigenvalue weighted by Crippen LogP contribution is 2.53. The lowest BCUT2D eigenvalue weighted by atomic mass is 9.99. The van der Waals surface area contributed by atoms with E-state index in [1.54, 1.807) is 0 Å². The standard InChI is InChI=1S/C27H15F18P/c1-10-4-7-15(12(3)11(10)2)46(16-8-5-13(22(28,29)30)18(24(34,35)36)20(16)26(40,41)42)17-9-6-14(23(31,32)33)19(25(37,38)39)21(17)27(43,44)45/h4-9H,1-3H3. The molecular formula is C27H15F18P. The van der Waals surface area contributed by atoms with Crippen LogP contribution in [0.2, 0.25) is 0 Å². The maximum Gasteiger partial charge on any atom is 0.417 e. The average molecular weight is 712 g/mol. The molecule has 0 radical (unpaired) electrons. The van der Waals surface area contributed by atoms with E-state index in [1.165, 1.54) is 13.8 Å². The van der Waals surface area contributed by atoms with Crippen molar-refractivity contribution in [2.45, 2.75) is 57.8 Å². The number of aryl methyl sites for hydroxylation is 1. The second-order valence-electron chi connectivity index (χ2n) is 9.74.